The number of halogens is 1. The SMILES string of the molecule is CCCCC[C@H]1CCCCCCCCCC(=O)O[C@@H]2[C@@H](O)[C@H](C)O[C@@H](O[C@@H]3[C@H]4OC(C)(C)O[C@H]4[C@H](O1)O[C@H]3C)[C@@H]2OC(=O)CCl. The lowest BCUT2D eigenvalue weighted by molar-refractivity contribution is -0.346. The standard InChI is InChI=1S/C33H55ClO11/c1-6-7-13-16-22-17-14-11-9-8-10-12-15-18-23(35)41-27-25(37)20(2)38-31(29(27)42-24(36)19-34)43-26-21(3)39-32(40-22)30-28(26)44-33(4,5)45-30/h20-22,25-32,37H,6-19H2,1-5H3/t20-,21-,22-,25-,26-,27+,28+,29+,30+,31-,32-/m0/s1. The zero-order valence-corrected chi connectivity index (χ0v) is 28.4. The number of rotatable bonds is 6. The highest BCUT2D eigenvalue weighted by Gasteiger charge is 2.58. The highest BCUT2D eigenvalue weighted by atomic mass is 35.5. The van der Waals surface area contributed by atoms with Crippen molar-refractivity contribution in [2.45, 2.75) is 191 Å². The van der Waals surface area contributed by atoms with Crippen LogP contribution in [0.2, 0.25) is 0 Å². The molecule has 260 valence electrons. The summed E-state index contributed by atoms with van der Waals surface area (Å²) in [5.74, 6) is -2.62. The average molecular weight is 663 g/mol. The fraction of sp³-hybridized carbons (Fsp3) is 0.939. The van der Waals surface area contributed by atoms with Gasteiger partial charge in [0.2, 0.25) is 0 Å². The zero-order valence-electron chi connectivity index (χ0n) is 27.7. The first kappa shape index (κ1) is 36.8. The Labute approximate surface area is 273 Å². The Morgan fingerprint density at radius 1 is 0.867 bits per heavy atom. The van der Waals surface area contributed by atoms with Crippen LogP contribution in [-0.2, 0) is 47.5 Å². The molecular weight excluding hydrogens is 608 g/mol. The number of esters is 2. The third kappa shape index (κ3) is 10.2. The molecule has 0 unspecified atom stereocenters. The van der Waals surface area contributed by atoms with Gasteiger partial charge in [-0.25, -0.2) is 0 Å². The minimum absolute atomic E-state index is 0.0283. The van der Waals surface area contributed by atoms with E-state index in [1.165, 1.54) is 0 Å². The summed E-state index contributed by atoms with van der Waals surface area (Å²) in [6.45, 7) is 9.38. The Morgan fingerprint density at radius 3 is 2.24 bits per heavy atom. The molecule has 4 aliphatic rings. The van der Waals surface area contributed by atoms with E-state index in [1.54, 1.807) is 6.92 Å². The number of aliphatic hydroxyl groups excluding tert-OH is 1. The van der Waals surface area contributed by atoms with Gasteiger partial charge in [0.1, 0.15) is 30.3 Å². The number of unbranched alkanes of at least 4 members (excludes halogenated alkanes) is 2. The van der Waals surface area contributed by atoms with Crippen LogP contribution in [0.25, 0.3) is 0 Å². The number of aliphatic hydroxyl groups is 1. The molecule has 0 aliphatic carbocycles. The Bertz CT molecular complexity index is 934. The molecule has 0 spiro atoms. The topological polar surface area (TPSA) is 128 Å². The molecule has 0 saturated carbocycles. The van der Waals surface area contributed by atoms with Crippen LogP contribution in [0, 0.1) is 0 Å². The van der Waals surface area contributed by atoms with Crippen LogP contribution in [0.15, 0.2) is 0 Å². The van der Waals surface area contributed by atoms with Gasteiger partial charge in [0.25, 0.3) is 0 Å². The van der Waals surface area contributed by atoms with Crippen molar-refractivity contribution < 1.29 is 52.6 Å². The maximum Gasteiger partial charge on any atom is 0.321 e. The van der Waals surface area contributed by atoms with E-state index in [-0.39, 0.29) is 12.5 Å². The minimum Gasteiger partial charge on any atom is -0.455 e. The van der Waals surface area contributed by atoms with Gasteiger partial charge >= 0.3 is 11.9 Å². The summed E-state index contributed by atoms with van der Waals surface area (Å²) >= 11 is 5.78. The van der Waals surface area contributed by atoms with Gasteiger partial charge in [-0.15, -0.1) is 11.6 Å². The molecule has 0 amide bonds. The van der Waals surface area contributed by atoms with Crippen molar-refractivity contribution in [3.63, 3.8) is 0 Å². The molecule has 11 atom stereocenters. The molecule has 0 aromatic carbocycles. The summed E-state index contributed by atoms with van der Waals surface area (Å²) in [6, 6.07) is 0. The fourth-order valence-corrected chi connectivity index (χ4v) is 6.80. The lowest BCUT2D eigenvalue weighted by Gasteiger charge is -2.46. The summed E-state index contributed by atoms with van der Waals surface area (Å²) < 4.78 is 49.8. The molecule has 45 heavy (non-hydrogen) atoms. The molecule has 0 aromatic rings. The Kier molecular flexibility index (Phi) is 14.2. The monoisotopic (exact) mass is 662 g/mol. The molecule has 11 nitrogen and oxygen atoms in total. The smallest absolute Gasteiger partial charge is 0.321 e. The molecule has 1 N–H and O–H groups in total. The minimum atomic E-state index is -1.28. The van der Waals surface area contributed by atoms with E-state index in [9.17, 15) is 14.7 Å². The van der Waals surface area contributed by atoms with Crippen LogP contribution in [-0.4, -0.2) is 96.2 Å². The van der Waals surface area contributed by atoms with Gasteiger partial charge in [-0.05, 0) is 47.0 Å². The molecule has 4 bridgehead atoms. The summed E-state index contributed by atoms with van der Waals surface area (Å²) in [5.41, 5.74) is 0. The molecule has 0 radical (unpaired) electrons. The maximum atomic E-state index is 12.9. The molecule has 4 aliphatic heterocycles. The van der Waals surface area contributed by atoms with Crippen molar-refractivity contribution in [3.05, 3.63) is 0 Å². The predicted molar refractivity (Wildman–Crippen MR) is 164 cm³/mol. The van der Waals surface area contributed by atoms with Crippen LogP contribution in [0.3, 0.4) is 0 Å². The predicted octanol–water partition coefficient (Wildman–Crippen LogP) is 5.29. The van der Waals surface area contributed by atoms with Crippen LogP contribution >= 0.6 is 11.6 Å². The molecule has 0 aromatic heterocycles. The van der Waals surface area contributed by atoms with E-state index < -0.39 is 85.0 Å². The van der Waals surface area contributed by atoms with Crippen molar-refractivity contribution in [1.29, 1.82) is 0 Å². The van der Waals surface area contributed by atoms with Gasteiger partial charge in [-0.2, -0.15) is 0 Å². The summed E-state index contributed by atoms with van der Waals surface area (Å²) in [4.78, 5) is 25.4. The molecule has 12 heteroatoms. The number of hydrogen-bond acceptors (Lipinski definition) is 11. The highest BCUT2D eigenvalue weighted by Crippen LogP contribution is 2.41. The van der Waals surface area contributed by atoms with Gasteiger partial charge < -0.3 is 43.0 Å². The lowest BCUT2D eigenvalue weighted by atomic mass is 9.97. The Balaban J connectivity index is 1.62. The third-order valence-electron chi connectivity index (χ3n) is 9.12. The van der Waals surface area contributed by atoms with Crippen molar-refractivity contribution >= 4 is 23.5 Å². The molecule has 4 saturated heterocycles. The third-order valence-corrected chi connectivity index (χ3v) is 9.34. The summed E-state index contributed by atoms with van der Waals surface area (Å²) in [6.07, 6.45) is 3.57. The van der Waals surface area contributed by atoms with E-state index in [4.69, 9.17) is 49.5 Å². The molecule has 4 rings (SSSR count). The number of carbonyl (C=O) groups excluding carboxylic acids is 2. The molecule has 4 heterocycles. The second-order valence-corrected chi connectivity index (χ2v) is 13.7. The number of hydrogen-bond donors (Lipinski definition) is 1. The first-order chi connectivity index (χ1) is 21.5. The lowest BCUT2D eigenvalue weighted by Crippen LogP contribution is -2.64. The van der Waals surface area contributed by atoms with Crippen molar-refractivity contribution in [1.82, 2.24) is 0 Å². The Hall–Kier alpha value is -1.05. The number of alkyl halides is 1. The van der Waals surface area contributed by atoms with Crippen molar-refractivity contribution in [2.75, 3.05) is 5.88 Å². The average Bonchev–Trinajstić information content (AvgIpc) is 3.32. The number of carbonyl (C=O) groups is 2. The van der Waals surface area contributed by atoms with E-state index in [2.05, 4.69) is 6.92 Å². The van der Waals surface area contributed by atoms with E-state index in [0.29, 0.717) is 6.42 Å². The highest BCUT2D eigenvalue weighted by molar-refractivity contribution is 6.26. The van der Waals surface area contributed by atoms with E-state index in [1.807, 2.05) is 20.8 Å². The van der Waals surface area contributed by atoms with Gasteiger partial charge in [-0.3, -0.25) is 9.59 Å². The normalized spacial score (nSPS) is 40.2. The van der Waals surface area contributed by atoms with Gasteiger partial charge in [0, 0.05) is 6.42 Å². The first-order valence-corrected chi connectivity index (χ1v) is 17.7. The zero-order chi connectivity index (χ0) is 32.6. The van der Waals surface area contributed by atoms with Crippen LogP contribution < -0.4 is 0 Å². The van der Waals surface area contributed by atoms with Gasteiger partial charge in [0.15, 0.2) is 30.6 Å². The maximum absolute atomic E-state index is 12.9. The molecule has 4 fully saturated rings. The van der Waals surface area contributed by atoms with E-state index in [0.717, 1.165) is 70.6 Å². The Morgan fingerprint density at radius 2 is 1.53 bits per heavy atom. The van der Waals surface area contributed by atoms with Gasteiger partial charge in [0.05, 0.1) is 18.3 Å². The van der Waals surface area contributed by atoms with Gasteiger partial charge in [-0.1, -0.05) is 64.7 Å². The number of fused-ring (bicyclic) bond motifs is 2. The summed E-state index contributed by atoms with van der Waals surface area (Å²) in [7, 11) is 0. The largest absolute Gasteiger partial charge is 0.455 e. The van der Waals surface area contributed by atoms with Crippen LogP contribution in [0.1, 0.15) is 118 Å². The van der Waals surface area contributed by atoms with E-state index >= 15 is 0 Å². The fourth-order valence-electron chi connectivity index (χ4n) is 6.73. The second kappa shape index (κ2) is 17.4. The second-order valence-electron chi connectivity index (χ2n) is 13.4. The van der Waals surface area contributed by atoms with Crippen LogP contribution in [0.5, 0.6) is 0 Å². The number of ether oxygens (including phenoxy) is 8. The molecular formula is C33H55ClO11. The van der Waals surface area contributed by atoms with Crippen molar-refractivity contribution in [2.24, 2.45) is 0 Å². The first-order valence-electron chi connectivity index (χ1n) is 17.1. The summed E-state index contributed by atoms with van der Waals surface area (Å²) in [5, 5.41) is 11.0. The van der Waals surface area contributed by atoms with Crippen LogP contribution in [0.4, 0.5) is 0 Å². The van der Waals surface area contributed by atoms with Crippen molar-refractivity contribution in [3.8, 4) is 0 Å². The quantitative estimate of drug-likeness (QED) is 0.226.